The standard InChI is InChI=1S/C13H22N2O/c1-13(2,3)16-10-12(14-4)8-11-6-5-7-15-9-11/h5-7,9,12,14H,8,10H2,1-4H3. The van der Waals surface area contributed by atoms with Crippen molar-refractivity contribution in [2.24, 2.45) is 0 Å². The molecule has 1 N–H and O–H groups in total. The first-order chi connectivity index (χ1) is 7.51. The predicted molar refractivity (Wildman–Crippen MR) is 66.5 cm³/mol. The van der Waals surface area contributed by atoms with E-state index in [1.165, 1.54) is 5.56 Å². The van der Waals surface area contributed by atoms with Gasteiger partial charge < -0.3 is 10.1 Å². The Labute approximate surface area is 98.2 Å². The van der Waals surface area contributed by atoms with Gasteiger partial charge in [0.1, 0.15) is 0 Å². The van der Waals surface area contributed by atoms with Crippen molar-refractivity contribution in [3.63, 3.8) is 0 Å². The van der Waals surface area contributed by atoms with Gasteiger partial charge in [-0.15, -0.1) is 0 Å². The Kier molecular flexibility index (Phi) is 4.90. The van der Waals surface area contributed by atoms with Crippen LogP contribution in [0.4, 0.5) is 0 Å². The molecule has 0 amide bonds. The summed E-state index contributed by atoms with van der Waals surface area (Å²) >= 11 is 0. The molecule has 0 radical (unpaired) electrons. The van der Waals surface area contributed by atoms with E-state index in [9.17, 15) is 0 Å². The normalized spacial score (nSPS) is 13.8. The van der Waals surface area contributed by atoms with Crippen molar-refractivity contribution >= 4 is 0 Å². The summed E-state index contributed by atoms with van der Waals surface area (Å²) in [7, 11) is 1.97. The molecule has 1 unspecified atom stereocenters. The van der Waals surface area contributed by atoms with Crippen molar-refractivity contribution in [1.29, 1.82) is 0 Å². The van der Waals surface area contributed by atoms with Crippen LogP contribution in [0.15, 0.2) is 24.5 Å². The first-order valence-electron chi connectivity index (χ1n) is 5.71. The Morgan fingerprint density at radius 2 is 2.19 bits per heavy atom. The largest absolute Gasteiger partial charge is 0.374 e. The van der Waals surface area contributed by atoms with Crippen LogP contribution >= 0.6 is 0 Å². The maximum Gasteiger partial charge on any atom is 0.0629 e. The number of nitrogens with one attached hydrogen (secondary N) is 1. The molecule has 0 fully saturated rings. The molecule has 0 aliphatic carbocycles. The molecule has 0 aliphatic rings. The highest BCUT2D eigenvalue weighted by molar-refractivity contribution is 5.10. The fraction of sp³-hybridized carbons (Fsp3) is 0.615. The second-order valence-corrected chi connectivity index (χ2v) is 4.97. The number of ether oxygens (including phenoxy) is 1. The van der Waals surface area contributed by atoms with Crippen LogP contribution in [-0.4, -0.2) is 30.3 Å². The zero-order chi connectivity index (χ0) is 12.0. The lowest BCUT2D eigenvalue weighted by molar-refractivity contribution is -0.0134. The number of likely N-dealkylation sites (N-methyl/N-ethyl adjacent to an activating group) is 1. The second kappa shape index (κ2) is 5.97. The lowest BCUT2D eigenvalue weighted by Crippen LogP contribution is -2.36. The van der Waals surface area contributed by atoms with Crippen molar-refractivity contribution in [3.05, 3.63) is 30.1 Å². The third-order valence-corrected chi connectivity index (χ3v) is 2.33. The molecule has 0 spiro atoms. The predicted octanol–water partition coefficient (Wildman–Crippen LogP) is 2.03. The second-order valence-electron chi connectivity index (χ2n) is 4.97. The van der Waals surface area contributed by atoms with Crippen molar-refractivity contribution in [3.8, 4) is 0 Å². The van der Waals surface area contributed by atoms with Gasteiger partial charge in [0, 0.05) is 18.4 Å². The molecule has 0 saturated carbocycles. The molecule has 3 nitrogen and oxygen atoms in total. The summed E-state index contributed by atoms with van der Waals surface area (Å²) in [5.41, 5.74) is 1.16. The highest BCUT2D eigenvalue weighted by atomic mass is 16.5. The van der Waals surface area contributed by atoms with Gasteiger partial charge in [-0.25, -0.2) is 0 Å². The van der Waals surface area contributed by atoms with Gasteiger partial charge in [0.15, 0.2) is 0 Å². The lowest BCUT2D eigenvalue weighted by Gasteiger charge is -2.24. The van der Waals surface area contributed by atoms with Gasteiger partial charge in [-0.1, -0.05) is 6.07 Å². The van der Waals surface area contributed by atoms with Crippen LogP contribution in [0.5, 0.6) is 0 Å². The molecule has 1 atom stereocenters. The quantitative estimate of drug-likeness (QED) is 0.827. The van der Waals surface area contributed by atoms with Crippen molar-refractivity contribution < 1.29 is 4.74 Å². The van der Waals surface area contributed by atoms with E-state index in [1.54, 1.807) is 6.20 Å². The average Bonchev–Trinajstić information content (AvgIpc) is 2.24. The minimum atomic E-state index is -0.0793. The van der Waals surface area contributed by atoms with Gasteiger partial charge >= 0.3 is 0 Å². The fourth-order valence-corrected chi connectivity index (χ4v) is 1.40. The number of nitrogens with zero attached hydrogens (tertiary/aromatic N) is 1. The van der Waals surface area contributed by atoms with E-state index in [4.69, 9.17) is 4.74 Å². The SMILES string of the molecule is CNC(COC(C)(C)C)Cc1cccnc1. The Morgan fingerprint density at radius 3 is 2.69 bits per heavy atom. The average molecular weight is 222 g/mol. The molecule has 3 heteroatoms. The van der Waals surface area contributed by atoms with Gasteiger partial charge in [0.05, 0.1) is 12.2 Å². The third-order valence-electron chi connectivity index (χ3n) is 2.33. The minimum absolute atomic E-state index is 0.0793. The van der Waals surface area contributed by atoms with Crippen LogP contribution in [0.1, 0.15) is 26.3 Å². The topological polar surface area (TPSA) is 34.1 Å². The van der Waals surface area contributed by atoms with E-state index in [0.717, 1.165) is 13.0 Å². The molecular formula is C13H22N2O. The number of pyridine rings is 1. The zero-order valence-corrected chi connectivity index (χ0v) is 10.7. The van der Waals surface area contributed by atoms with E-state index in [-0.39, 0.29) is 5.60 Å². The van der Waals surface area contributed by atoms with Crippen LogP contribution in [0.3, 0.4) is 0 Å². The molecule has 1 aromatic heterocycles. The minimum Gasteiger partial charge on any atom is -0.374 e. The van der Waals surface area contributed by atoms with Gasteiger partial charge in [-0.3, -0.25) is 4.98 Å². The maximum absolute atomic E-state index is 5.77. The smallest absolute Gasteiger partial charge is 0.0629 e. The molecule has 90 valence electrons. The molecule has 1 heterocycles. The third kappa shape index (κ3) is 5.24. The van der Waals surface area contributed by atoms with Crippen molar-refractivity contribution in [1.82, 2.24) is 10.3 Å². The van der Waals surface area contributed by atoms with Crippen molar-refractivity contribution in [2.75, 3.05) is 13.7 Å². The van der Waals surface area contributed by atoms with Gasteiger partial charge in [-0.05, 0) is 45.9 Å². The number of rotatable bonds is 5. The molecule has 1 rings (SSSR count). The van der Waals surface area contributed by atoms with Gasteiger partial charge in [0.2, 0.25) is 0 Å². The summed E-state index contributed by atoms with van der Waals surface area (Å²) < 4.78 is 5.77. The number of hydrogen-bond donors (Lipinski definition) is 1. The van der Waals surface area contributed by atoms with Crippen LogP contribution in [0, 0.1) is 0 Å². The Hall–Kier alpha value is -0.930. The van der Waals surface area contributed by atoms with Crippen LogP contribution < -0.4 is 5.32 Å². The molecule has 0 bridgehead atoms. The molecule has 1 aromatic rings. The van der Waals surface area contributed by atoms with E-state index >= 15 is 0 Å². The van der Waals surface area contributed by atoms with E-state index in [1.807, 2.05) is 19.3 Å². The Morgan fingerprint density at radius 1 is 1.44 bits per heavy atom. The fourth-order valence-electron chi connectivity index (χ4n) is 1.40. The highest BCUT2D eigenvalue weighted by Crippen LogP contribution is 2.09. The summed E-state index contributed by atoms with van der Waals surface area (Å²) in [5, 5.41) is 3.27. The maximum atomic E-state index is 5.77. The highest BCUT2D eigenvalue weighted by Gasteiger charge is 2.14. The molecule has 0 aliphatic heterocycles. The Balaban J connectivity index is 2.44. The summed E-state index contributed by atoms with van der Waals surface area (Å²) in [6.07, 6.45) is 4.64. The van der Waals surface area contributed by atoms with Gasteiger partial charge in [0.25, 0.3) is 0 Å². The number of aromatic nitrogens is 1. The number of hydrogen-bond acceptors (Lipinski definition) is 3. The van der Waals surface area contributed by atoms with E-state index in [2.05, 4.69) is 37.1 Å². The monoisotopic (exact) mass is 222 g/mol. The van der Waals surface area contributed by atoms with Crippen LogP contribution in [0.25, 0.3) is 0 Å². The van der Waals surface area contributed by atoms with Crippen molar-refractivity contribution in [2.45, 2.75) is 38.8 Å². The summed E-state index contributed by atoms with van der Waals surface area (Å²) in [5.74, 6) is 0. The summed E-state index contributed by atoms with van der Waals surface area (Å²) in [6.45, 7) is 6.94. The van der Waals surface area contributed by atoms with Crippen LogP contribution in [-0.2, 0) is 11.2 Å². The first-order valence-corrected chi connectivity index (χ1v) is 5.71. The zero-order valence-electron chi connectivity index (χ0n) is 10.7. The van der Waals surface area contributed by atoms with Crippen LogP contribution in [0.2, 0.25) is 0 Å². The lowest BCUT2D eigenvalue weighted by atomic mass is 10.1. The van der Waals surface area contributed by atoms with E-state index < -0.39 is 0 Å². The molecule has 16 heavy (non-hydrogen) atoms. The summed E-state index contributed by atoms with van der Waals surface area (Å²) in [6, 6.07) is 4.39. The van der Waals surface area contributed by atoms with E-state index in [0.29, 0.717) is 6.04 Å². The summed E-state index contributed by atoms with van der Waals surface area (Å²) in [4.78, 5) is 4.11. The molecular weight excluding hydrogens is 200 g/mol. The molecule has 0 saturated heterocycles. The molecule has 0 aromatic carbocycles. The Bertz CT molecular complexity index is 293. The van der Waals surface area contributed by atoms with Gasteiger partial charge in [-0.2, -0.15) is 0 Å². The first kappa shape index (κ1) is 13.1.